The maximum absolute atomic E-state index is 13.5. The number of fused-ring (bicyclic) bond motifs is 3. The summed E-state index contributed by atoms with van der Waals surface area (Å²) in [7, 11) is 1.98. The van der Waals surface area contributed by atoms with Crippen LogP contribution in [0.25, 0.3) is 11.1 Å². The van der Waals surface area contributed by atoms with Crippen molar-refractivity contribution in [3.05, 3.63) is 78.2 Å². The third kappa shape index (κ3) is 3.95. The zero-order chi connectivity index (χ0) is 23.8. The minimum atomic E-state index is -1.85. The van der Waals surface area contributed by atoms with Gasteiger partial charge in [-0.05, 0) is 17.5 Å². The maximum atomic E-state index is 13.5. The average Bonchev–Trinajstić information content (AvgIpc) is 3.09. The summed E-state index contributed by atoms with van der Waals surface area (Å²) in [5.41, 5.74) is 0.900. The molecule has 1 saturated heterocycles. The van der Waals surface area contributed by atoms with Crippen molar-refractivity contribution in [1.82, 2.24) is 9.97 Å². The van der Waals surface area contributed by atoms with E-state index in [9.17, 15) is 14.7 Å². The smallest absolute Gasteiger partial charge is 0.348 e. The van der Waals surface area contributed by atoms with Gasteiger partial charge in [-0.15, -0.1) is 0 Å². The van der Waals surface area contributed by atoms with Crippen molar-refractivity contribution in [2.75, 3.05) is 32.0 Å². The van der Waals surface area contributed by atoms with Gasteiger partial charge in [0.05, 0.1) is 19.8 Å². The summed E-state index contributed by atoms with van der Waals surface area (Å²) >= 11 is 0. The maximum Gasteiger partial charge on any atom is 0.348 e. The predicted octanol–water partition coefficient (Wildman–Crippen LogP) is 2.48. The van der Waals surface area contributed by atoms with Gasteiger partial charge in [-0.2, -0.15) is 0 Å². The van der Waals surface area contributed by atoms with Crippen LogP contribution >= 0.6 is 0 Å². The second kappa shape index (κ2) is 8.62. The Hall–Kier alpha value is -3.62. The highest BCUT2D eigenvalue weighted by atomic mass is 16.6. The van der Waals surface area contributed by atoms with Crippen molar-refractivity contribution < 1.29 is 23.9 Å². The fraction of sp³-hybridized carbons (Fsp3) is 0.308. The second-order valence-electron chi connectivity index (χ2n) is 9.29. The third-order valence-corrected chi connectivity index (χ3v) is 6.72. The van der Waals surface area contributed by atoms with E-state index in [1.165, 1.54) is 12.4 Å². The van der Waals surface area contributed by atoms with Crippen LogP contribution in [-0.4, -0.2) is 64.2 Å². The summed E-state index contributed by atoms with van der Waals surface area (Å²) in [4.78, 5) is 34.1. The molecule has 0 radical (unpaired) electrons. The SMILES string of the molecule is C[N+]1(CC(=O)Nc2cnccn2)CCCC(OC(=O)C2(O)c3ccccc3-c3ccccc32)C1. The monoisotopic (exact) mass is 459 g/mol. The Balaban J connectivity index is 1.31. The zero-order valence-corrected chi connectivity index (χ0v) is 19.0. The normalized spacial score (nSPS) is 22.4. The summed E-state index contributed by atoms with van der Waals surface area (Å²) in [5, 5.41) is 14.4. The first kappa shape index (κ1) is 22.2. The largest absolute Gasteiger partial charge is 0.454 e. The molecule has 34 heavy (non-hydrogen) atoms. The van der Waals surface area contributed by atoms with Gasteiger partial charge in [0.25, 0.3) is 5.91 Å². The van der Waals surface area contributed by atoms with E-state index in [4.69, 9.17) is 4.74 Å². The third-order valence-electron chi connectivity index (χ3n) is 6.72. The van der Waals surface area contributed by atoms with Crippen LogP contribution in [0.2, 0.25) is 0 Å². The summed E-state index contributed by atoms with van der Waals surface area (Å²) in [6.45, 7) is 1.50. The van der Waals surface area contributed by atoms with E-state index in [0.29, 0.717) is 34.4 Å². The molecule has 1 fully saturated rings. The molecule has 174 valence electrons. The first-order valence-corrected chi connectivity index (χ1v) is 11.4. The molecule has 2 heterocycles. The number of nitrogens with zero attached hydrogens (tertiary/aromatic N) is 3. The molecule has 8 nitrogen and oxygen atoms in total. The average molecular weight is 460 g/mol. The van der Waals surface area contributed by atoms with E-state index in [0.717, 1.165) is 24.1 Å². The van der Waals surface area contributed by atoms with Crippen LogP contribution in [0.4, 0.5) is 5.82 Å². The van der Waals surface area contributed by atoms with Crippen LogP contribution in [0.5, 0.6) is 0 Å². The van der Waals surface area contributed by atoms with Gasteiger partial charge < -0.3 is 19.6 Å². The van der Waals surface area contributed by atoms with Crippen molar-refractivity contribution in [3.8, 4) is 11.1 Å². The summed E-state index contributed by atoms with van der Waals surface area (Å²) < 4.78 is 6.35. The van der Waals surface area contributed by atoms with Crippen LogP contribution in [0.1, 0.15) is 24.0 Å². The first-order valence-electron chi connectivity index (χ1n) is 11.4. The van der Waals surface area contributed by atoms with Gasteiger partial charge in [0, 0.05) is 29.9 Å². The number of carbonyl (C=O) groups excluding carboxylic acids is 2. The van der Waals surface area contributed by atoms with Crippen LogP contribution in [0, 0.1) is 0 Å². The van der Waals surface area contributed by atoms with Crippen molar-refractivity contribution in [2.45, 2.75) is 24.5 Å². The van der Waals surface area contributed by atoms with Crippen molar-refractivity contribution in [3.63, 3.8) is 0 Å². The van der Waals surface area contributed by atoms with Gasteiger partial charge in [-0.3, -0.25) is 9.78 Å². The topological polar surface area (TPSA) is 101 Å². The van der Waals surface area contributed by atoms with Crippen LogP contribution in [-0.2, 0) is 19.9 Å². The number of benzene rings is 2. The van der Waals surface area contributed by atoms with Gasteiger partial charge in [-0.1, -0.05) is 48.5 Å². The Kier molecular flexibility index (Phi) is 5.63. The van der Waals surface area contributed by atoms with Gasteiger partial charge in [0.15, 0.2) is 18.5 Å². The highest BCUT2D eigenvalue weighted by Crippen LogP contribution is 2.48. The fourth-order valence-corrected chi connectivity index (χ4v) is 5.18. The number of aromatic nitrogens is 2. The minimum absolute atomic E-state index is 0.174. The molecule has 0 saturated carbocycles. The van der Waals surface area contributed by atoms with Crippen molar-refractivity contribution in [1.29, 1.82) is 0 Å². The van der Waals surface area contributed by atoms with Crippen molar-refractivity contribution in [2.24, 2.45) is 0 Å². The number of esters is 1. The predicted molar refractivity (Wildman–Crippen MR) is 125 cm³/mol. The Morgan fingerprint density at radius 2 is 1.79 bits per heavy atom. The number of nitrogens with one attached hydrogen (secondary N) is 1. The Morgan fingerprint density at radius 1 is 1.12 bits per heavy atom. The lowest BCUT2D eigenvalue weighted by atomic mass is 9.91. The number of likely N-dealkylation sites (N-methyl/N-ethyl adjacent to an activating group) is 1. The lowest BCUT2D eigenvalue weighted by Gasteiger charge is -2.40. The van der Waals surface area contributed by atoms with E-state index < -0.39 is 17.7 Å². The van der Waals surface area contributed by atoms with Gasteiger partial charge in [-0.25, -0.2) is 9.78 Å². The van der Waals surface area contributed by atoms with E-state index in [2.05, 4.69) is 15.3 Å². The molecule has 2 N–H and O–H groups in total. The molecule has 3 aromatic rings. The van der Waals surface area contributed by atoms with Crippen LogP contribution < -0.4 is 5.32 Å². The summed E-state index contributed by atoms with van der Waals surface area (Å²) in [6, 6.07) is 14.8. The number of quaternary nitrogens is 1. The van der Waals surface area contributed by atoms with Gasteiger partial charge in [0.1, 0.15) is 6.54 Å². The van der Waals surface area contributed by atoms with Crippen LogP contribution in [0.3, 0.4) is 0 Å². The molecule has 2 atom stereocenters. The zero-order valence-electron chi connectivity index (χ0n) is 19.0. The molecule has 1 aliphatic heterocycles. The number of ether oxygens (including phenoxy) is 1. The molecule has 0 bridgehead atoms. The lowest BCUT2D eigenvalue weighted by Crippen LogP contribution is -2.57. The number of hydrogen-bond donors (Lipinski definition) is 2. The first-order chi connectivity index (χ1) is 16.4. The number of hydrogen-bond acceptors (Lipinski definition) is 6. The molecule has 1 aliphatic carbocycles. The number of carbonyl (C=O) groups is 2. The highest BCUT2D eigenvalue weighted by Gasteiger charge is 2.50. The molecule has 2 aliphatic rings. The van der Waals surface area contributed by atoms with Gasteiger partial charge in [0.2, 0.25) is 5.60 Å². The molecule has 5 rings (SSSR count). The van der Waals surface area contributed by atoms with Crippen LogP contribution in [0.15, 0.2) is 67.1 Å². The Labute approximate surface area is 197 Å². The van der Waals surface area contributed by atoms with Crippen molar-refractivity contribution >= 4 is 17.7 Å². The number of rotatable bonds is 5. The van der Waals surface area contributed by atoms with E-state index in [1.54, 1.807) is 18.3 Å². The lowest BCUT2D eigenvalue weighted by molar-refractivity contribution is -0.909. The number of amides is 1. The molecule has 0 spiro atoms. The Bertz CT molecular complexity index is 1190. The molecular formula is C26H27N4O4+. The summed E-state index contributed by atoms with van der Waals surface area (Å²) in [5.74, 6) is -0.445. The molecule has 2 unspecified atom stereocenters. The fourth-order valence-electron chi connectivity index (χ4n) is 5.18. The highest BCUT2D eigenvalue weighted by molar-refractivity contribution is 5.96. The number of aliphatic hydroxyl groups is 1. The molecule has 2 aromatic carbocycles. The molecule has 8 heteroatoms. The molecule has 1 aromatic heterocycles. The number of piperidine rings is 1. The summed E-state index contributed by atoms with van der Waals surface area (Å²) in [6.07, 6.45) is 5.65. The molecular weight excluding hydrogens is 432 g/mol. The molecule has 1 amide bonds. The van der Waals surface area contributed by atoms with E-state index in [-0.39, 0.29) is 12.5 Å². The van der Waals surface area contributed by atoms with E-state index >= 15 is 0 Å². The standard InChI is InChI=1S/C26H26N4O4/c1-30(17-24(31)29-23-15-27-12-13-28-23)14-6-7-18(16-30)34-25(32)26(33)21-10-4-2-8-19(21)20-9-3-5-11-22(20)26/h2-5,8-13,15,18,33H,6-7,14,16-17H2,1H3/p+1. The number of likely N-dealkylation sites (tertiary alicyclic amines) is 1. The minimum Gasteiger partial charge on any atom is -0.454 e. The quantitative estimate of drug-likeness (QED) is 0.449. The second-order valence-corrected chi connectivity index (χ2v) is 9.29. The van der Waals surface area contributed by atoms with Gasteiger partial charge >= 0.3 is 5.97 Å². The Morgan fingerprint density at radius 3 is 2.44 bits per heavy atom. The van der Waals surface area contributed by atoms with E-state index in [1.807, 2.05) is 43.4 Å². The number of anilines is 1.